The molecule has 2 aliphatic rings. The SMILES string of the molecule is Cc1ncc([N+](=O)[O-])n1CCOC(=O)CCC(=O)NC(C(=O)N[C@@H]1C(=O)N2[C@@H]1SC(C)(C)[C@@H]2C(=O)O)c1ccc(O)cc1. The maximum absolute atomic E-state index is 13.3. The number of aryl methyl sites for hydroxylation is 1. The van der Waals surface area contributed by atoms with Crippen molar-refractivity contribution in [2.75, 3.05) is 6.61 Å². The molecule has 0 aliphatic carbocycles. The number of phenolic OH excluding ortho intramolecular Hbond substituents is 1. The van der Waals surface area contributed by atoms with Crippen molar-refractivity contribution in [2.24, 2.45) is 0 Å². The van der Waals surface area contributed by atoms with Crippen molar-refractivity contribution in [3.63, 3.8) is 0 Å². The van der Waals surface area contributed by atoms with Gasteiger partial charge < -0.3 is 40.6 Å². The minimum Gasteiger partial charge on any atom is -0.508 e. The number of carbonyl (C=O) groups is 5. The molecule has 0 saturated carbocycles. The molecule has 0 bridgehead atoms. The topological polar surface area (TPSA) is 223 Å². The number of β-lactam (4-membered cyclic amide) rings is 1. The van der Waals surface area contributed by atoms with Crippen LogP contribution in [0.2, 0.25) is 0 Å². The van der Waals surface area contributed by atoms with Gasteiger partial charge in [0.05, 0.1) is 6.42 Å². The summed E-state index contributed by atoms with van der Waals surface area (Å²) in [5.74, 6) is -3.84. The number of aliphatic carboxylic acids is 1. The van der Waals surface area contributed by atoms with E-state index in [9.17, 15) is 44.3 Å². The third-order valence-electron chi connectivity index (χ3n) is 7.12. The zero-order chi connectivity index (χ0) is 31.6. The number of benzene rings is 1. The molecule has 0 radical (unpaired) electrons. The van der Waals surface area contributed by atoms with Gasteiger partial charge in [-0.05, 0) is 36.5 Å². The molecule has 2 saturated heterocycles. The number of esters is 1. The van der Waals surface area contributed by atoms with E-state index in [0.717, 1.165) is 6.20 Å². The molecule has 2 aliphatic heterocycles. The molecule has 1 unspecified atom stereocenters. The lowest BCUT2D eigenvalue weighted by molar-refractivity contribution is -0.392. The molecular formula is C26H30N6O10S. The zero-order valence-corrected chi connectivity index (χ0v) is 24.2. The highest BCUT2D eigenvalue weighted by atomic mass is 32.2. The number of carboxylic acids is 1. The molecule has 3 amide bonds. The number of nitrogens with zero attached hydrogens (tertiary/aromatic N) is 4. The van der Waals surface area contributed by atoms with Crippen LogP contribution in [0.1, 0.15) is 44.1 Å². The first kappa shape index (κ1) is 31.3. The van der Waals surface area contributed by atoms with E-state index in [1.807, 2.05) is 0 Å². The highest BCUT2D eigenvalue weighted by Crippen LogP contribution is 2.50. The molecule has 16 nitrogen and oxygen atoms in total. The highest BCUT2D eigenvalue weighted by molar-refractivity contribution is 8.01. The molecule has 0 spiro atoms. The van der Waals surface area contributed by atoms with E-state index in [-0.39, 0.29) is 43.1 Å². The van der Waals surface area contributed by atoms with Gasteiger partial charge in [0.15, 0.2) is 5.82 Å². The van der Waals surface area contributed by atoms with Crippen LogP contribution in [-0.4, -0.2) is 88.1 Å². The maximum Gasteiger partial charge on any atom is 0.342 e. The molecule has 230 valence electrons. The van der Waals surface area contributed by atoms with Gasteiger partial charge in [-0.1, -0.05) is 12.1 Å². The second kappa shape index (κ2) is 12.3. The minimum atomic E-state index is -1.30. The summed E-state index contributed by atoms with van der Waals surface area (Å²) in [6, 6.07) is 2.08. The fraction of sp³-hybridized carbons (Fsp3) is 0.462. The summed E-state index contributed by atoms with van der Waals surface area (Å²) in [6.07, 6.45) is 0.397. The maximum atomic E-state index is 13.3. The van der Waals surface area contributed by atoms with Crippen molar-refractivity contribution in [3.8, 4) is 5.75 Å². The summed E-state index contributed by atoms with van der Waals surface area (Å²) in [7, 11) is 0. The lowest BCUT2D eigenvalue weighted by atomic mass is 9.95. The number of phenols is 1. The molecule has 2 fully saturated rings. The van der Waals surface area contributed by atoms with Crippen LogP contribution >= 0.6 is 11.8 Å². The van der Waals surface area contributed by atoms with Crippen molar-refractivity contribution >= 4 is 47.2 Å². The average molecular weight is 619 g/mol. The number of nitro groups is 1. The van der Waals surface area contributed by atoms with Gasteiger partial charge in [0.2, 0.25) is 17.7 Å². The van der Waals surface area contributed by atoms with Crippen LogP contribution in [0.5, 0.6) is 5.75 Å². The summed E-state index contributed by atoms with van der Waals surface area (Å²) in [4.78, 5) is 78.5. The van der Waals surface area contributed by atoms with Gasteiger partial charge >= 0.3 is 17.8 Å². The molecule has 4 N–H and O–H groups in total. The van der Waals surface area contributed by atoms with Crippen LogP contribution in [0.15, 0.2) is 30.5 Å². The predicted octanol–water partition coefficient (Wildman–Crippen LogP) is 0.618. The van der Waals surface area contributed by atoms with Crippen LogP contribution < -0.4 is 10.6 Å². The second-order valence-electron chi connectivity index (χ2n) is 10.5. The predicted molar refractivity (Wildman–Crippen MR) is 148 cm³/mol. The number of aromatic hydroxyl groups is 1. The Labute approximate surface area is 248 Å². The number of fused-ring (bicyclic) bond motifs is 1. The first-order valence-electron chi connectivity index (χ1n) is 13.1. The fourth-order valence-electron chi connectivity index (χ4n) is 5.00. The van der Waals surface area contributed by atoms with E-state index in [0.29, 0.717) is 5.82 Å². The molecule has 17 heteroatoms. The van der Waals surface area contributed by atoms with Gasteiger partial charge in [0.1, 0.15) is 48.6 Å². The van der Waals surface area contributed by atoms with Crippen molar-refractivity contribution in [1.82, 2.24) is 25.1 Å². The van der Waals surface area contributed by atoms with Crippen molar-refractivity contribution in [1.29, 1.82) is 0 Å². The Morgan fingerprint density at radius 2 is 1.88 bits per heavy atom. The number of carbonyl (C=O) groups excluding carboxylic acids is 4. The normalized spacial score (nSPS) is 20.9. The summed E-state index contributed by atoms with van der Waals surface area (Å²) < 4.78 is 5.57. The molecular weight excluding hydrogens is 588 g/mol. The highest BCUT2D eigenvalue weighted by Gasteiger charge is 2.64. The summed E-state index contributed by atoms with van der Waals surface area (Å²) in [5, 5.41) is 34.9. The number of rotatable bonds is 12. The molecule has 2 aromatic rings. The molecule has 4 atom stereocenters. The molecule has 1 aromatic carbocycles. The Balaban J connectivity index is 1.35. The minimum absolute atomic E-state index is 0.00975. The van der Waals surface area contributed by atoms with E-state index in [2.05, 4.69) is 15.6 Å². The Morgan fingerprint density at radius 1 is 1.21 bits per heavy atom. The molecule has 4 rings (SSSR count). The monoisotopic (exact) mass is 618 g/mol. The average Bonchev–Trinajstić information content (AvgIpc) is 3.43. The lowest BCUT2D eigenvalue weighted by Crippen LogP contribution is -2.71. The van der Waals surface area contributed by atoms with Crippen molar-refractivity contribution < 1.29 is 43.8 Å². The van der Waals surface area contributed by atoms with Crippen LogP contribution in [-0.2, 0) is 35.3 Å². The van der Waals surface area contributed by atoms with Gasteiger partial charge in [0, 0.05) is 18.1 Å². The summed E-state index contributed by atoms with van der Waals surface area (Å²) in [6.45, 7) is 4.77. The Bertz CT molecular complexity index is 1460. The van der Waals surface area contributed by atoms with Crippen molar-refractivity contribution in [2.45, 2.75) is 68.4 Å². The first-order valence-corrected chi connectivity index (χ1v) is 14.0. The number of aromatic nitrogens is 2. The molecule has 3 heterocycles. The van der Waals surface area contributed by atoms with Crippen LogP contribution in [0.3, 0.4) is 0 Å². The Hall–Kier alpha value is -4.67. The van der Waals surface area contributed by atoms with Crippen molar-refractivity contribution in [3.05, 3.63) is 52.0 Å². The zero-order valence-electron chi connectivity index (χ0n) is 23.4. The molecule has 1 aromatic heterocycles. The van der Waals surface area contributed by atoms with E-state index >= 15 is 0 Å². The number of amides is 3. The van der Waals surface area contributed by atoms with Crippen LogP contribution in [0.4, 0.5) is 5.82 Å². The van der Waals surface area contributed by atoms with Gasteiger partial charge in [-0.15, -0.1) is 11.8 Å². The van der Waals surface area contributed by atoms with Gasteiger partial charge in [0.25, 0.3) is 0 Å². The fourth-order valence-corrected chi connectivity index (χ4v) is 6.62. The van der Waals surface area contributed by atoms with Gasteiger partial charge in [-0.25, -0.2) is 14.3 Å². The Morgan fingerprint density at radius 3 is 2.51 bits per heavy atom. The van der Waals surface area contributed by atoms with E-state index in [4.69, 9.17) is 4.74 Å². The van der Waals surface area contributed by atoms with E-state index in [1.54, 1.807) is 20.8 Å². The number of hydrogen-bond acceptors (Lipinski definition) is 11. The number of ether oxygens (including phenoxy) is 1. The second-order valence-corrected chi connectivity index (χ2v) is 12.2. The largest absolute Gasteiger partial charge is 0.508 e. The van der Waals surface area contributed by atoms with Crippen LogP contribution in [0.25, 0.3) is 0 Å². The number of imidazole rings is 1. The third kappa shape index (κ3) is 6.55. The third-order valence-corrected chi connectivity index (χ3v) is 8.69. The van der Waals surface area contributed by atoms with Crippen LogP contribution in [0, 0.1) is 17.0 Å². The van der Waals surface area contributed by atoms with Gasteiger partial charge in [-0.2, -0.15) is 0 Å². The smallest absolute Gasteiger partial charge is 0.342 e. The number of carboxylic acid groups (broad SMARTS) is 1. The summed E-state index contributed by atoms with van der Waals surface area (Å²) >= 11 is 1.25. The van der Waals surface area contributed by atoms with E-state index < -0.39 is 62.8 Å². The summed E-state index contributed by atoms with van der Waals surface area (Å²) in [5.41, 5.74) is 0.287. The quantitative estimate of drug-likeness (QED) is 0.111. The standard InChI is InChI=1S/C26H30N6O10S/c1-13-27-12-17(32(40)41)30(13)10-11-42-18(35)9-8-16(34)28-19(14-4-6-15(33)7-5-14)22(36)29-20-23(37)31-21(25(38)39)26(2,3)43-24(20)31/h4-7,12,19-21,24,33H,8-11H2,1-3H3,(H,28,34)(H,29,36)(H,38,39)/t19?,20-,21+,24-/m1/s1. The number of hydrogen-bond donors (Lipinski definition) is 4. The molecule has 43 heavy (non-hydrogen) atoms. The Kier molecular flexibility index (Phi) is 8.93. The van der Waals surface area contributed by atoms with Gasteiger partial charge in [-0.3, -0.25) is 19.2 Å². The number of nitrogens with one attached hydrogen (secondary N) is 2. The number of thioether (sulfide) groups is 1. The first-order chi connectivity index (χ1) is 20.2. The lowest BCUT2D eigenvalue weighted by Gasteiger charge is -2.44. The van der Waals surface area contributed by atoms with E-state index in [1.165, 1.54) is 45.5 Å².